The Morgan fingerprint density at radius 2 is 1.60 bits per heavy atom. The number of rotatable bonds is 4. The van der Waals surface area contributed by atoms with Crippen molar-refractivity contribution in [2.24, 2.45) is 0 Å². The molecule has 3 heteroatoms. The van der Waals surface area contributed by atoms with Crippen LogP contribution in [0.3, 0.4) is 0 Å². The summed E-state index contributed by atoms with van der Waals surface area (Å²) in [5.41, 5.74) is 1.19. The average molecular weight is 301 g/mol. The van der Waals surface area contributed by atoms with Gasteiger partial charge < -0.3 is 4.74 Å². The SMILES string of the molecule is Clc1ccc(-c2ccc(COc3ccccc3)s2)cc1. The molecule has 0 radical (unpaired) electrons. The normalized spacial score (nSPS) is 10.4. The fraction of sp³-hybridized carbons (Fsp3) is 0.0588. The Morgan fingerprint density at radius 3 is 2.35 bits per heavy atom. The second-order valence-electron chi connectivity index (χ2n) is 4.37. The Labute approximate surface area is 127 Å². The molecule has 0 amide bonds. The van der Waals surface area contributed by atoms with Gasteiger partial charge in [0, 0.05) is 14.8 Å². The summed E-state index contributed by atoms with van der Waals surface area (Å²) in [5.74, 6) is 0.897. The predicted molar refractivity (Wildman–Crippen MR) is 85.5 cm³/mol. The highest BCUT2D eigenvalue weighted by Gasteiger charge is 2.03. The molecule has 1 heterocycles. The van der Waals surface area contributed by atoms with Crippen LogP contribution in [0.1, 0.15) is 4.88 Å². The molecule has 0 atom stereocenters. The summed E-state index contributed by atoms with van der Waals surface area (Å²) in [6.45, 7) is 0.599. The van der Waals surface area contributed by atoms with Crippen LogP contribution in [0.5, 0.6) is 5.75 Å². The van der Waals surface area contributed by atoms with Crippen LogP contribution in [0.4, 0.5) is 0 Å². The minimum absolute atomic E-state index is 0.599. The van der Waals surface area contributed by atoms with Crippen LogP contribution < -0.4 is 4.74 Å². The maximum Gasteiger partial charge on any atom is 0.122 e. The topological polar surface area (TPSA) is 9.23 Å². The summed E-state index contributed by atoms with van der Waals surface area (Å²) in [7, 11) is 0. The molecule has 0 bridgehead atoms. The van der Waals surface area contributed by atoms with Gasteiger partial charge in [-0.1, -0.05) is 41.9 Å². The zero-order chi connectivity index (χ0) is 13.8. The molecule has 3 rings (SSSR count). The number of ether oxygens (including phenoxy) is 1. The minimum Gasteiger partial charge on any atom is -0.488 e. The fourth-order valence-corrected chi connectivity index (χ4v) is 2.95. The van der Waals surface area contributed by atoms with E-state index in [0.717, 1.165) is 10.8 Å². The van der Waals surface area contributed by atoms with E-state index in [1.807, 2.05) is 54.6 Å². The molecule has 1 aromatic heterocycles. The Balaban J connectivity index is 1.69. The van der Waals surface area contributed by atoms with Crippen molar-refractivity contribution in [2.45, 2.75) is 6.61 Å². The molecular formula is C17H13ClOS. The predicted octanol–water partition coefficient (Wildman–Crippen LogP) is 5.65. The highest BCUT2D eigenvalue weighted by atomic mass is 35.5. The van der Waals surface area contributed by atoms with Crippen LogP contribution in [0.2, 0.25) is 5.02 Å². The van der Waals surface area contributed by atoms with Gasteiger partial charge in [-0.15, -0.1) is 11.3 Å². The monoisotopic (exact) mass is 300 g/mol. The maximum atomic E-state index is 5.91. The molecule has 3 aromatic rings. The van der Waals surface area contributed by atoms with Gasteiger partial charge in [0.1, 0.15) is 12.4 Å². The lowest BCUT2D eigenvalue weighted by Gasteiger charge is -2.03. The average Bonchev–Trinajstić information content (AvgIpc) is 2.96. The third kappa shape index (κ3) is 3.21. The van der Waals surface area contributed by atoms with Crippen molar-refractivity contribution < 1.29 is 4.74 Å². The van der Waals surface area contributed by atoms with Crippen molar-refractivity contribution in [1.29, 1.82) is 0 Å². The van der Waals surface area contributed by atoms with Crippen LogP contribution in [0, 0.1) is 0 Å². The number of hydrogen-bond donors (Lipinski definition) is 0. The third-order valence-electron chi connectivity index (χ3n) is 2.91. The first-order valence-electron chi connectivity index (χ1n) is 6.34. The van der Waals surface area contributed by atoms with Crippen LogP contribution in [-0.2, 0) is 6.61 Å². The van der Waals surface area contributed by atoms with Crippen molar-refractivity contribution >= 4 is 22.9 Å². The fourth-order valence-electron chi connectivity index (χ4n) is 1.90. The first-order valence-corrected chi connectivity index (χ1v) is 7.53. The summed E-state index contributed by atoms with van der Waals surface area (Å²) in [4.78, 5) is 2.44. The highest BCUT2D eigenvalue weighted by Crippen LogP contribution is 2.29. The lowest BCUT2D eigenvalue weighted by molar-refractivity contribution is 0.310. The molecule has 2 aromatic carbocycles. The van der Waals surface area contributed by atoms with Crippen LogP contribution in [0.25, 0.3) is 10.4 Å². The second-order valence-corrected chi connectivity index (χ2v) is 5.98. The summed E-state index contributed by atoms with van der Waals surface area (Å²) in [5, 5.41) is 0.762. The van der Waals surface area contributed by atoms with Crippen LogP contribution >= 0.6 is 22.9 Å². The van der Waals surface area contributed by atoms with E-state index in [1.54, 1.807) is 11.3 Å². The molecule has 0 N–H and O–H groups in total. The largest absolute Gasteiger partial charge is 0.488 e. The van der Waals surface area contributed by atoms with Gasteiger partial charge in [-0.05, 0) is 42.0 Å². The zero-order valence-electron chi connectivity index (χ0n) is 10.8. The van der Waals surface area contributed by atoms with Crippen molar-refractivity contribution in [3.05, 3.63) is 76.6 Å². The number of hydrogen-bond acceptors (Lipinski definition) is 2. The van der Waals surface area contributed by atoms with Gasteiger partial charge in [-0.25, -0.2) is 0 Å². The van der Waals surface area contributed by atoms with Gasteiger partial charge in [0.25, 0.3) is 0 Å². The van der Waals surface area contributed by atoms with Crippen LogP contribution in [-0.4, -0.2) is 0 Å². The van der Waals surface area contributed by atoms with E-state index < -0.39 is 0 Å². The van der Waals surface area contributed by atoms with E-state index in [9.17, 15) is 0 Å². The molecule has 0 spiro atoms. The van der Waals surface area contributed by atoms with E-state index in [4.69, 9.17) is 16.3 Å². The van der Waals surface area contributed by atoms with Gasteiger partial charge in [0.15, 0.2) is 0 Å². The lowest BCUT2D eigenvalue weighted by Crippen LogP contribution is -1.91. The number of halogens is 1. The van der Waals surface area contributed by atoms with Gasteiger partial charge in [-0.2, -0.15) is 0 Å². The number of benzene rings is 2. The molecule has 0 saturated carbocycles. The summed E-state index contributed by atoms with van der Waals surface area (Å²) >= 11 is 7.65. The van der Waals surface area contributed by atoms with Crippen LogP contribution in [0.15, 0.2) is 66.7 Å². The van der Waals surface area contributed by atoms with Crippen molar-refractivity contribution in [3.63, 3.8) is 0 Å². The van der Waals surface area contributed by atoms with Gasteiger partial charge in [-0.3, -0.25) is 0 Å². The summed E-state index contributed by atoms with van der Waals surface area (Å²) in [6.07, 6.45) is 0. The third-order valence-corrected chi connectivity index (χ3v) is 4.27. The molecule has 0 aliphatic carbocycles. The summed E-state index contributed by atoms with van der Waals surface area (Å²) in [6, 6.07) is 22.0. The van der Waals surface area contributed by atoms with E-state index in [0.29, 0.717) is 6.61 Å². The van der Waals surface area contributed by atoms with E-state index >= 15 is 0 Å². The van der Waals surface area contributed by atoms with Crippen molar-refractivity contribution in [3.8, 4) is 16.2 Å². The molecule has 0 aliphatic rings. The number of para-hydroxylation sites is 1. The first kappa shape index (κ1) is 13.2. The first-order chi connectivity index (χ1) is 9.81. The maximum absolute atomic E-state index is 5.91. The van der Waals surface area contributed by atoms with E-state index in [-0.39, 0.29) is 0 Å². The molecule has 1 nitrogen and oxygen atoms in total. The molecule has 100 valence electrons. The zero-order valence-corrected chi connectivity index (χ0v) is 12.3. The Kier molecular flexibility index (Phi) is 4.05. The molecule has 0 fully saturated rings. The number of thiophene rings is 1. The van der Waals surface area contributed by atoms with Gasteiger partial charge >= 0.3 is 0 Å². The highest BCUT2D eigenvalue weighted by molar-refractivity contribution is 7.15. The quantitative estimate of drug-likeness (QED) is 0.605. The van der Waals surface area contributed by atoms with Gasteiger partial charge in [0.2, 0.25) is 0 Å². The van der Waals surface area contributed by atoms with E-state index in [2.05, 4.69) is 12.1 Å². The molecule has 20 heavy (non-hydrogen) atoms. The Hall–Kier alpha value is -1.77. The van der Waals surface area contributed by atoms with Crippen molar-refractivity contribution in [2.75, 3.05) is 0 Å². The Morgan fingerprint density at radius 1 is 0.850 bits per heavy atom. The molecule has 0 aliphatic heterocycles. The van der Waals surface area contributed by atoms with Crippen molar-refractivity contribution in [1.82, 2.24) is 0 Å². The molecular weight excluding hydrogens is 288 g/mol. The van der Waals surface area contributed by atoms with E-state index in [1.165, 1.54) is 15.3 Å². The second kappa shape index (κ2) is 6.12. The standard InChI is InChI=1S/C17H13ClOS/c18-14-8-6-13(7-9-14)17-11-10-16(20-17)12-19-15-4-2-1-3-5-15/h1-11H,12H2. The van der Waals surface area contributed by atoms with Gasteiger partial charge in [0.05, 0.1) is 0 Å². The lowest BCUT2D eigenvalue weighted by atomic mass is 10.2. The smallest absolute Gasteiger partial charge is 0.122 e. The summed E-state index contributed by atoms with van der Waals surface area (Å²) < 4.78 is 5.75. The minimum atomic E-state index is 0.599. The molecule has 0 unspecified atom stereocenters. The Bertz CT molecular complexity index is 674. The molecule has 0 saturated heterocycles.